The van der Waals surface area contributed by atoms with Gasteiger partial charge in [0.2, 0.25) is 5.13 Å². The van der Waals surface area contributed by atoms with Gasteiger partial charge in [0, 0.05) is 11.9 Å². The molecule has 0 radical (unpaired) electrons. The molecule has 4 heterocycles. The summed E-state index contributed by atoms with van der Waals surface area (Å²) in [7, 11) is 0. The number of pyridine rings is 1. The number of thioether (sulfide) groups is 1. The second-order valence-corrected chi connectivity index (χ2v) is 13.3. The molecule has 8 nitrogen and oxygen atoms in total. The standard InChI is InChI=1S/C32H29N5O3S2/c1-19-25(36-17-9-8-12-23(36)33-19)27(38)24-26(21-13-15-22(16-14-21)32(2,3)4)37(29(40)28(24)39)30-34-35-31(42-30)41-18-20-10-6-5-7-11-20/h5-17,26,38H,18H2,1-4H3. The average Bonchev–Trinajstić information content (AvgIpc) is 3.65. The van der Waals surface area contributed by atoms with Gasteiger partial charge in [-0.15, -0.1) is 10.2 Å². The van der Waals surface area contributed by atoms with Crippen molar-refractivity contribution in [3.8, 4) is 0 Å². The van der Waals surface area contributed by atoms with Crippen LogP contribution in [-0.2, 0) is 20.8 Å². The Labute approximate surface area is 251 Å². The maximum Gasteiger partial charge on any atom is 0.301 e. The molecule has 0 saturated carbocycles. The summed E-state index contributed by atoms with van der Waals surface area (Å²) in [5.41, 5.74) is 4.38. The van der Waals surface area contributed by atoms with Crippen molar-refractivity contribution in [2.24, 2.45) is 0 Å². The molecular weight excluding hydrogens is 567 g/mol. The number of nitrogens with zero attached hydrogens (tertiary/aromatic N) is 5. The fourth-order valence-corrected chi connectivity index (χ4v) is 6.94. The van der Waals surface area contributed by atoms with Gasteiger partial charge in [-0.2, -0.15) is 0 Å². The molecule has 3 aromatic heterocycles. The van der Waals surface area contributed by atoms with E-state index in [0.717, 1.165) is 11.1 Å². The highest BCUT2D eigenvalue weighted by Gasteiger charge is 2.49. The van der Waals surface area contributed by atoms with Crippen molar-refractivity contribution in [2.75, 3.05) is 4.90 Å². The lowest BCUT2D eigenvalue weighted by Crippen LogP contribution is -2.29. The Morgan fingerprint density at radius 1 is 0.976 bits per heavy atom. The van der Waals surface area contributed by atoms with Gasteiger partial charge in [-0.25, -0.2) is 4.98 Å². The Kier molecular flexibility index (Phi) is 7.20. The Hall–Kier alpha value is -4.28. The molecule has 6 rings (SSSR count). The quantitative estimate of drug-likeness (QED) is 0.0766. The number of carbonyl (C=O) groups excluding carboxylic acids is 2. The molecule has 2 aromatic carbocycles. The molecular formula is C32H29N5O3S2. The van der Waals surface area contributed by atoms with Gasteiger partial charge >= 0.3 is 5.91 Å². The Morgan fingerprint density at radius 2 is 1.69 bits per heavy atom. The number of imidazole rings is 1. The number of hydrogen-bond acceptors (Lipinski definition) is 8. The maximum atomic E-state index is 13.7. The van der Waals surface area contributed by atoms with Crippen LogP contribution in [0.1, 0.15) is 54.9 Å². The molecule has 1 aliphatic rings. The summed E-state index contributed by atoms with van der Waals surface area (Å²) in [6, 6.07) is 22.4. The summed E-state index contributed by atoms with van der Waals surface area (Å²) in [5.74, 6) is -1.13. The fourth-order valence-electron chi connectivity index (χ4n) is 5.11. The van der Waals surface area contributed by atoms with E-state index < -0.39 is 17.7 Å². The molecule has 1 N–H and O–H groups in total. The number of amides is 1. The van der Waals surface area contributed by atoms with E-state index in [2.05, 4.69) is 36.0 Å². The smallest absolute Gasteiger partial charge is 0.301 e. The summed E-state index contributed by atoms with van der Waals surface area (Å²) >= 11 is 2.76. The lowest BCUT2D eigenvalue weighted by Gasteiger charge is -2.24. The van der Waals surface area contributed by atoms with E-state index in [1.807, 2.05) is 72.8 Å². The second kappa shape index (κ2) is 10.8. The van der Waals surface area contributed by atoms with Crippen LogP contribution in [0.25, 0.3) is 11.4 Å². The fraction of sp³-hybridized carbons (Fsp3) is 0.219. The minimum Gasteiger partial charge on any atom is -0.505 e. The molecule has 1 aliphatic heterocycles. The molecule has 10 heteroatoms. The molecule has 1 unspecified atom stereocenters. The van der Waals surface area contributed by atoms with Crippen molar-refractivity contribution in [3.63, 3.8) is 0 Å². The first-order valence-corrected chi connectivity index (χ1v) is 15.3. The normalized spacial score (nSPS) is 17.0. The zero-order valence-corrected chi connectivity index (χ0v) is 25.2. The molecule has 1 saturated heterocycles. The van der Waals surface area contributed by atoms with E-state index in [1.165, 1.54) is 28.0 Å². The number of ketones is 1. The first-order chi connectivity index (χ1) is 20.1. The number of carbonyl (C=O) groups is 2. The average molecular weight is 596 g/mol. The lowest BCUT2D eigenvalue weighted by molar-refractivity contribution is -0.132. The van der Waals surface area contributed by atoms with Crippen molar-refractivity contribution >= 4 is 51.3 Å². The second-order valence-electron chi connectivity index (χ2n) is 11.1. The van der Waals surface area contributed by atoms with E-state index >= 15 is 0 Å². The van der Waals surface area contributed by atoms with Gasteiger partial charge in [-0.1, -0.05) is 105 Å². The summed E-state index contributed by atoms with van der Waals surface area (Å²) < 4.78 is 2.40. The minimum atomic E-state index is -0.896. The lowest BCUT2D eigenvalue weighted by atomic mass is 9.85. The number of anilines is 1. The van der Waals surface area contributed by atoms with Gasteiger partial charge in [0.25, 0.3) is 5.78 Å². The van der Waals surface area contributed by atoms with Gasteiger partial charge in [-0.3, -0.25) is 18.9 Å². The summed E-state index contributed by atoms with van der Waals surface area (Å²) in [4.78, 5) is 33.3. The van der Waals surface area contributed by atoms with Crippen LogP contribution in [0.15, 0.2) is 88.9 Å². The van der Waals surface area contributed by atoms with E-state index in [0.29, 0.717) is 37.8 Å². The number of hydrogen-bond donors (Lipinski definition) is 1. The van der Waals surface area contributed by atoms with Crippen LogP contribution in [0, 0.1) is 6.92 Å². The van der Waals surface area contributed by atoms with Crippen LogP contribution < -0.4 is 4.90 Å². The number of benzene rings is 2. The molecule has 0 aliphatic carbocycles. The van der Waals surface area contributed by atoms with Gasteiger partial charge in [0.15, 0.2) is 10.1 Å². The molecule has 1 fully saturated rings. The number of aryl methyl sites for hydroxylation is 1. The van der Waals surface area contributed by atoms with Crippen LogP contribution >= 0.6 is 23.1 Å². The largest absolute Gasteiger partial charge is 0.505 e. The highest BCUT2D eigenvalue weighted by molar-refractivity contribution is 8.00. The maximum absolute atomic E-state index is 13.7. The Morgan fingerprint density at radius 3 is 2.40 bits per heavy atom. The zero-order valence-electron chi connectivity index (χ0n) is 23.6. The van der Waals surface area contributed by atoms with Gasteiger partial charge < -0.3 is 5.11 Å². The third kappa shape index (κ3) is 5.01. The predicted molar refractivity (Wildman–Crippen MR) is 166 cm³/mol. The van der Waals surface area contributed by atoms with E-state index in [-0.39, 0.29) is 16.7 Å². The van der Waals surface area contributed by atoms with Crippen molar-refractivity contribution in [1.29, 1.82) is 0 Å². The third-order valence-corrected chi connectivity index (χ3v) is 9.40. The van der Waals surface area contributed by atoms with Crippen LogP contribution in [0.4, 0.5) is 5.13 Å². The number of Topliss-reactive ketones (excluding diaryl/α,β-unsaturated/α-hetero) is 1. The number of aliphatic hydroxyl groups excluding tert-OH is 1. The monoisotopic (exact) mass is 595 g/mol. The van der Waals surface area contributed by atoms with Crippen LogP contribution in [0.3, 0.4) is 0 Å². The third-order valence-electron chi connectivity index (χ3n) is 7.27. The first kappa shape index (κ1) is 27.9. The summed E-state index contributed by atoms with van der Waals surface area (Å²) in [6.07, 6.45) is 1.77. The predicted octanol–water partition coefficient (Wildman–Crippen LogP) is 6.71. The minimum absolute atomic E-state index is 0.00838. The SMILES string of the molecule is Cc1nc2ccccn2c1C(O)=C1C(=O)C(=O)N(c2nnc(SCc3ccccc3)s2)C1c1ccc(C(C)(C)C)cc1. The van der Waals surface area contributed by atoms with Crippen LogP contribution in [-0.4, -0.2) is 36.4 Å². The van der Waals surface area contributed by atoms with Crippen LogP contribution in [0.5, 0.6) is 0 Å². The number of aromatic nitrogens is 4. The van der Waals surface area contributed by atoms with E-state index in [4.69, 9.17) is 0 Å². The first-order valence-electron chi connectivity index (χ1n) is 13.5. The molecule has 0 spiro atoms. The van der Waals surface area contributed by atoms with Crippen molar-refractivity contribution in [3.05, 3.63) is 113 Å². The zero-order chi connectivity index (χ0) is 29.6. The molecule has 5 aromatic rings. The molecule has 212 valence electrons. The molecule has 1 atom stereocenters. The number of aliphatic hydroxyl groups is 1. The van der Waals surface area contributed by atoms with Crippen LogP contribution in [0.2, 0.25) is 0 Å². The molecule has 42 heavy (non-hydrogen) atoms. The summed E-state index contributed by atoms with van der Waals surface area (Å²) in [6.45, 7) is 8.14. The van der Waals surface area contributed by atoms with Crippen molar-refractivity contribution in [2.45, 2.75) is 49.2 Å². The van der Waals surface area contributed by atoms with Crippen molar-refractivity contribution in [1.82, 2.24) is 19.6 Å². The molecule has 0 bridgehead atoms. The number of fused-ring (bicyclic) bond motifs is 1. The topological polar surface area (TPSA) is 101 Å². The van der Waals surface area contributed by atoms with E-state index in [9.17, 15) is 14.7 Å². The molecule has 1 amide bonds. The summed E-state index contributed by atoms with van der Waals surface area (Å²) in [5, 5.41) is 20.7. The van der Waals surface area contributed by atoms with Gasteiger partial charge in [0.1, 0.15) is 11.3 Å². The van der Waals surface area contributed by atoms with Crippen molar-refractivity contribution < 1.29 is 14.7 Å². The number of rotatable bonds is 6. The van der Waals surface area contributed by atoms with E-state index in [1.54, 1.807) is 17.5 Å². The Bertz CT molecular complexity index is 1840. The van der Waals surface area contributed by atoms with Gasteiger partial charge in [-0.05, 0) is 41.2 Å². The highest BCUT2D eigenvalue weighted by atomic mass is 32.2. The van der Waals surface area contributed by atoms with Gasteiger partial charge in [0.05, 0.1) is 17.3 Å². The Balaban J connectivity index is 1.46. The highest BCUT2D eigenvalue weighted by Crippen LogP contribution is 2.44.